The van der Waals surface area contributed by atoms with Crippen molar-refractivity contribution in [3.63, 3.8) is 0 Å². The summed E-state index contributed by atoms with van der Waals surface area (Å²) in [5, 5.41) is 18.1. The minimum atomic E-state index is -2.76. The molecule has 0 radical (unpaired) electrons. The number of aliphatic hydroxyl groups is 1. The molecular weight excluding hydrogens is 251 g/mol. The molecule has 1 amide bonds. The van der Waals surface area contributed by atoms with Crippen LogP contribution in [0.3, 0.4) is 0 Å². The van der Waals surface area contributed by atoms with E-state index in [1.165, 1.54) is 0 Å². The fraction of sp³-hybridized carbons (Fsp3) is 0.364. The van der Waals surface area contributed by atoms with Crippen molar-refractivity contribution in [1.82, 2.24) is 4.90 Å². The summed E-state index contributed by atoms with van der Waals surface area (Å²) in [5.74, 6) is -2.26. The number of halogens is 3. The third-order valence-corrected chi connectivity index (χ3v) is 2.21. The second-order valence-electron chi connectivity index (χ2n) is 3.53. The van der Waals surface area contributed by atoms with Gasteiger partial charge in [-0.1, -0.05) is 0 Å². The number of benzene rings is 1. The first kappa shape index (κ1) is 14.3. The standard InChI is InChI=1S/C11H12F3NO3/c12-7-1-2-8(9(17)5-7)11(18)15(3-4-16)6-10(13)14/h1-2,5,10,16-17H,3-4,6H2. The second kappa shape index (κ2) is 6.25. The lowest BCUT2D eigenvalue weighted by molar-refractivity contribution is 0.0506. The van der Waals surface area contributed by atoms with Crippen LogP contribution in [-0.4, -0.2) is 47.1 Å². The van der Waals surface area contributed by atoms with E-state index in [4.69, 9.17) is 5.11 Å². The Hall–Kier alpha value is -1.76. The molecule has 0 aliphatic carbocycles. The fourth-order valence-corrected chi connectivity index (χ4v) is 1.42. The van der Waals surface area contributed by atoms with Crippen LogP contribution in [-0.2, 0) is 0 Å². The van der Waals surface area contributed by atoms with Gasteiger partial charge in [-0.05, 0) is 12.1 Å². The highest BCUT2D eigenvalue weighted by atomic mass is 19.3. The first-order chi connectivity index (χ1) is 8.45. The monoisotopic (exact) mass is 263 g/mol. The fourth-order valence-electron chi connectivity index (χ4n) is 1.42. The van der Waals surface area contributed by atoms with Crippen LogP contribution in [0.2, 0.25) is 0 Å². The van der Waals surface area contributed by atoms with Crippen molar-refractivity contribution < 1.29 is 28.2 Å². The molecule has 1 aromatic rings. The largest absolute Gasteiger partial charge is 0.507 e. The smallest absolute Gasteiger partial charge is 0.257 e. The molecule has 4 nitrogen and oxygen atoms in total. The highest BCUT2D eigenvalue weighted by Crippen LogP contribution is 2.20. The van der Waals surface area contributed by atoms with E-state index in [9.17, 15) is 23.1 Å². The van der Waals surface area contributed by atoms with Crippen LogP contribution in [0.25, 0.3) is 0 Å². The lowest BCUT2D eigenvalue weighted by Crippen LogP contribution is -2.37. The van der Waals surface area contributed by atoms with Crippen molar-refractivity contribution in [3.05, 3.63) is 29.6 Å². The van der Waals surface area contributed by atoms with Gasteiger partial charge in [0.1, 0.15) is 11.6 Å². The molecule has 0 saturated heterocycles. The van der Waals surface area contributed by atoms with Crippen molar-refractivity contribution >= 4 is 5.91 Å². The number of hydrogen-bond donors (Lipinski definition) is 2. The van der Waals surface area contributed by atoms with E-state index in [1.54, 1.807) is 0 Å². The van der Waals surface area contributed by atoms with Crippen LogP contribution in [0.15, 0.2) is 18.2 Å². The molecule has 18 heavy (non-hydrogen) atoms. The summed E-state index contributed by atoms with van der Waals surface area (Å²) in [4.78, 5) is 12.5. The molecular formula is C11H12F3NO3. The van der Waals surface area contributed by atoms with Crippen LogP contribution in [0, 0.1) is 5.82 Å². The number of carbonyl (C=O) groups excluding carboxylic acids is 1. The summed E-state index contributed by atoms with van der Waals surface area (Å²) in [7, 11) is 0. The summed E-state index contributed by atoms with van der Waals surface area (Å²) >= 11 is 0. The Morgan fingerprint density at radius 1 is 1.39 bits per heavy atom. The van der Waals surface area contributed by atoms with Gasteiger partial charge in [0.15, 0.2) is 0 Å². The van der Waals surface area contributed by atoms with E-state index >= 15 is 0 Å². The molecule has 0 unspecified atom stereocenters. The second-order valence-corrected chi connectivity index (χ2v) is 3.53. The Morgan fingerprint density at radius 3 is 2.56 bits per heavy atom. The zero-order valence-electron chi connectivity index (χ0n) is 9.31. The summed E-state index contributed by atoms with van der Waals surface area (Å²) in [5.41, 5.74) is -0.287. The maximum absolute atomic E-state index is 12.7. The Balaban J connectivity index is 2.94. The van der Waals surface area contributed by atoms with Crippen LogP contribution in [0.1, 0.15) is 10.4 Å². The van der Waals surface area contributed by atoms with Gasteiger partial charge in [-0.2, -0.15) is 0 Å². The number of aliphatic hydroxyl groups excluding tert-OH is 1. The highest BCUT2D eigenvalue weighted by molar-refractivity contribution is 5.96. The average Bonchev–Trinajstić information content (AvgIpc) is 2.27. The van der Waals surface area contributed by atoms with Crippen molar-refractivity contribution in [2.45, 2.75) is 6.43 Å². The number of phenols is 1. The van der Waals surface area contributed by atoms with E-state index in [1.807, 2.05) is 0 Å². The number of phenolic OH excluding ortho intramolecular Hbond substituents is 1. The first-order valence-electron chi connectivity index (χ1n) is 5.12. The Labute approximate surface area is 101 Å². The SMILES string of the molecule is O=C(c1ccc(F)cc1O)N(CCO)CC(F)F. The Morgan fingerprint density at radius 2 is 2.06 bits per heavy atom. The topological polar surface area (TPSA) is 60.8 Å². The molecule has 0 spiro atoms. The third-order valence-electron chi connectivity index (χ3n) is 2.21. The van der Waals surface area contributed by atoms with E-state index in [2.05, 4.69) is 0 Å². The number of nitrogens with zero attached hydrogens (tertiary/aromatic N) is 1. The Bertz CT molecular complexity index is 426. The van der Waals surface area contributed by atoms with Gasteiger partial charge in [-0.15, -0.1) is 0 Å². The molecule has 0 heterocycles. The van der Waals surface area contributed by atoms with Gasteiger partial charge in [0.25, 0.3) is 12.3 Å². The van der Waals surface area contributed by atoms with E-state index in [0.29, 0.717) is 11.0 Å². The third kappa shape index (κ3) is 3.63. The van der Waals surface area contributed by atoms with E-state index in [0.717, 1.165) is 12.1 Å². The number of alkyl halides is 2. The summed E-state index contributed by atoms with van der Waals surface area (Å²) in [6.07, 6.45) is -2.76. The number of aromatic hydroxyl groups is 1. The average molecular weight is 263 g/mol. The molecule has 100 valence electrons. The van der Waals surface area contributed by atoms with Gasteiger partial charge >= 0.3 is 0 Å². The molecule has 1 aromatic carbocycles. The molecule has 7 heteroatoms. The van der Waals surface area contributed by atoms with Crippen LogP contribution < -0.4 is 0 Å². The number of hydrogen-bond acceptors (Lipinski definition) is 3. The molecule has 0 aromatic heterocycles. The molecule has 0 atom stereocenters. The zero-order valence-corrected chi connectivity index (χ0v) is 9.31. The highest BCUT2D eigenvalue weighted by Gasteiger charge is 2.21. The summed E-state index contributed by atoms with van der Waals surface area (Å²) in [6, 6.07) is 2.65. The van der Waals surface area contributed by atoms with Crippen LogP contribution in [0.5, 0.6) is 5.75 Å². The van der Waals surface area contributed by atoms with Crippen LogP contribution in [0.4, 0.5) is 13.2 Å². The van der Waals surface area contributed by atoms with E-state index < -0.39 is 37.1 Å². The van der Waals surface area contributed by atoms with Crippen molar-refractivity contribution in [2.24, 2.45) is 0 Å². The lowest BCUT2D eigenvalue weighted by atomic mass is 10.1. The minimum absolute atomic E-state index is 0.287. The predicted molar refractivity (Wildman–Crippen MR) is 57.1 cm³/mol. The van der Waals surface area contributed by atoms with Crippen molar-refractivity contribution in [3.8, 4) is 5.75 Å². The number of carbonyl (C=O) groups is 1. The summed E-state index contributed by atoms with van der Waals surface area (Å²) < 4.78 is 37.2. The molecule has 0 aliphatic heterocycles. The van der Waals surface area contributed by atoms with Crippen molar-refractivity contribution in [1.29, 1.82) is 0 Å². The predicted octanol–water partition coefficient (Wildman–Crippen LogP) is 1.23. The molecule has 0 aliphatic rings. The normalized spacial score (nSPS) is 10.7. The van der Waals surface area contributed by atoms with Crippen molar-refractivity contribution in [2.75, 3.05) is 19.7 Å². The van der Waals surface area contributed by atoms with Gasteiger partial charge in [0.05, 0.1) is 18.7 Å². The molecule has 0 saturated carbocycles. The molecule has 2 N–H and O–H groups in total. The maximum Gasteiger partial charge on any atom is 0.257 e. The quantitative estimate of drug-likeness (QED) is 0.840. The van der Waals surface area contributed by atoms with Crippen LogP contribution >= 0.6 is 0 Å². The number of rotatable bonds is 5. The van der Waals surface area contributed by atoms with Gasteiger partial charge in [0, 0.05) is 12.6 Å². The van der Waals surface area contributed by atoms with Gasteiger partial charge in [-0.3, -0.25) is 4.79 Å². The molecule has 0 fully saturated rings. The van der Waals surface area contributed by atoms with Gasteiger partial charge in [0.2, 0.25) is 0 Å². The maximum atomic E-state index is 12.7. The summed E-state index contributed by atoms with van der Waals surface area (Å²) in [6.45, 7) is -1.64. The molecule has 1 rings (SSSR count). The van der Waals surface area contributed by atoms with Gasteiger partial charge < -0.3 is 15.1 Å². The van der Waals surface area contributed by atoms with E-state index in [-0.39, 0.29) is 12.1 Å². The van der Waals surface area contributed by atoms with Gasteiger partial charge in [-0.25, -0.2) is 13.2 Å². The Kier molecular flexibility index (Phi) is 4.96. The zero-order chi connectivity index (χ0) is 13.7. The lowest BCUT2D eigenvalue weighted by Gasteiger charge is -2.21. The molecule has 0 bridgehead atoms. The first-order valence-corrected chi connectivity index (χ1v) is 5.12. The minimum Gasteiger partial charge on any atom is -0.507 e. The number of amides is 1.